The van der Waals surface area contributed by atoms with Crippen molar-refractivity contribution in [2.75, 3.05) is 13.1 Å². The van der Waals surface area contributed by atoms with E-state index in [1.165, 1.54) is 17.6 Å². The number of aryl methyl sites for hydroxylation is 1. The largest absolute Gasteiger partial charge is 0.507 e. The number of phenolic OH excluding ortho intramolecular Hbond substituents is 1. The molecule has 1 saturated heterocycles. The van der Waals surface area contributed by atoms with E-state index in [-0.39, 0.29) is 22.7 Å². The standard InChI is InChI=1S/C30H27N3O4S/c1-2-18-11-20-28(36)22(30-31-23-6-3-4-8-25(23)38-30)16-37-29(20)21(27(18)35)15-32-12-17-10-19(14-32)24-7-5-9-26(34)33(24)13-17/h3-9,11,16-17,19,35H,2,10,12-15H2,1H3/t17-,19-/m1/s1. The van der Waals surface area contributed by atoms with E-state index in [1.54, 1.807) is 12.1 Å². The summed E-state index contributed by atoms with van der Waals surface area (Å²) in [6.07, 6.45) is 3.15. The summed E-state index contributed by atoms with van der Waals surface area (Å²) < 4.78 is 9.06. The SMILES string of the molecule is CCc1cc2c(=O)c(-c3nc4ccccc4s3)coc2c(CN2C[C@H]3C[C@H](C2)c2cccc(=O)n2C3)c1O. The molecule has 0 saturated carbocycles. The van der Waals surface area contributed by atoms with Gasteiger partial charge >= 0.3 is 0 Å². The molecule has 7 rings (SSSR count). The number of piperidine rings is 1. The third kappa shape index (κ3) is 3.70. The number of hydrogen-bond acceptors (Lipinski definition) is 7. The molecule has 192 valence electrons. The molecule has 2 bridgehead atoms. The van der Waals surface area contributed by atoms with Gasteiger partial charge in [-0.15, -0.1) is 11.3 Å². The highest BCUT2D eigenvalue weighted by atomic mass is 32.1. The molecule has 0 unspecified atom stereocenters. The summed E-state index contributed by atoms with van der Waals surface area (Å²) >= 11 is 1.47. The minimum atomic E-state index is -0.134. The highest BCUT2D eigenvalue weighted by molar-refractivity contribution is 7.21. The van der Waals surface area contributed by atoms with E-state index in [4.69, 9.17) is 4.42 Å². The van der Waals surface area contributed by atoms with Gasteiger partial charge in [0.15, 0.2) is 0 Å². The number of rotatable bonds is 4. The van der Waals surface area contributed by atoms with Crippen molar-refractivity contribution in [2.45, 2.75) is 38.8 Å². The topological polar surface area (TPSA) is 88.6 Å². The highest BCUT2D eigenvalue weighted by Gasteiger charge is 2.35. The second kappa shape index (κ2) is 8.92. The lowest BCUT2D eigenvalue weighted by Crippen LogP contribution is -2.46. The van der Waals surface area contributed by atoms with Crippen LogP contribution in [0.1, 0.15) is 36.1 Å². The molecule has 3 aromatic heterocycles. The monoisotopic (exact) mass is 525 g/mol. The number of phenols is 1. The van der Waals surface area contributed by atoms with Crippen LogP contribution < -0.4 is 11.0 Å². The molecule has 5 aromatic rings. The Morgan fingerprint density at radius 3 is 2.82 bits per heavy atom. The molecule has 2 aromatic carbocycles. The number of thiazole rings is 1. The first-order valence-electron chi connectivity index (χ1n) is 13.1. The van der Waals surface area contributed by atoms with Crippen LogP contribution in [0.5, 0.6) is 5.75 Å². The van der Waals surface area contributed by atoms with Crippen LogP contribution in [0.25, 0.3) is 31.8 Å². The van der Waals surface area contributed by atoms with Gasteiger partial charge in [-0.3, -0.25) is 14.5 Å². The van der Waals surface area contributed by atoms with Gasteiger partial charge in [0, 0.05) is 43.9 Å². The van der Waals surface area contributed by atoms with Gasteiger partial charge in [0.2, 0.25) is 5.43 Å². The Balaban J connectivity index is 1.29. The van der Waals surface area contributed by atoms with Crippen LogP contribution in [0.15, 0.2) is 68.8 Å². The van der Waals surface area contributed by atoms with Crippen LogP contribution in [0.3, 0.4) is 0 Å². The molecule has 0 radical (unpaired) electrons. The summed E-state index contributed by atoms with van der Waals surface area (Å²) in [4.78, 5) is 33.1. The molecule has 2 aliphatic heterocycles. The van der Waals surface area contributed by atoms with Gasteiger partial charge in [0.05, 0.1) is 26.7 Å². The van der Waals surface area contributed by atoms with Crippen molar-refractivity contribution < 1.29 is 9.52 Å². The van der Waals surface area contributed by atoms with Crippen LogP contribution in [0, 0.1) is 5.92 Å². The maximum Gasteiger partial charge on any atom is 0.250 e. The molecule has 38 heavy (non-hydrogen) atoms. The molecule has 2 aliphatic rings. The second-order valence-corrected chi connectivity index (χ2v) is 11.5. The van der Waals surface area contributed by atoms with Crippen LogP contribution in [-0.4, -0.2) is 32.6 Å². The number of pyridine rings is 1. The number of aromatic hydroxyl groups is 1. The van der Waals surface area contributed by atoms with Crippen molar-refractivity contribution in [2.24, 2.45) is 5.92 Å². The van der Waals surface area contributed by atoms with E-state index < -0.39 is 0 Å². The van der Waals surface area contributed by atoms with Gasteiger partial charge in [0.1, 0.15) is 22.6 Å². The Hall–Kier alpha value is -3.75. The predicted molar refractivity (Wildman–Crippen MR) is 149 cm³/mol. The Kier molecular flexibility index (Phi) is 5.49. The van der Waals surface area contributed by atoms with Crippen molar-refractivity contribution in [1.82, 2.24) is 14.5 Å². The highest BCUT2D eigenvalue weighted by Crippen LogP contribution is 2.38. The van der Waals surface area contributed by atoms with Crippen molar-refractivity contribution in [3.63, 3.8) is 0 Å². The van der Waals surface area contributed by atoms with E-state index in [0.29, 0.717) is 52.5 Å². The zero-order valence-electron chi connectivity index (χ0n) is 21.0. The first-order valence-corrected chi connectivity index (χ1v) is 13.9. The molecule has 1 fully saturated rings. The summed E-state index contributed by atoms with van der Waals surface area (Å²) in [6, 6.07) is 15.1. The first-order chi connectivity index (χ1) is 18.5. The lowest BCUT2D eigenvalue weighted by molar-refractivity contribution is 0.113. The molecule has 0 aliphatic carbocycles. The van der Waals surface area contributed by atoms with Crippen LogP contribution in [0.4, 0.5) is 0 Å². The maximum atomic E-state index is 13.7. The van der Waals surface area contributed by atoms with Crippen LogP contribution in [-0.2, 0) is 19.5 Å². The molecular formula is C30H27N3O4S. The maximum absolute atomic E-state index is 13.7. The molecule has 8 heteroatoms. The summed E-state index contributed by atoms with van der Waals surface area (Å²) in [6.45, 7) is 4.77. The fourth-order valence-corrected chi connectivity index (χ4v) is 7.26. The Bertz CT molecular complexity index is 1800. The summed E-state index contributed by atoms with van der Waals surface area (Å²) in [5.41, 5.74) is 4.12. The van der Waals surface area contributed by atoms with E-state index in [0.717, 1.165) is 41.0 Å². The molecule has 7 nitrogen and oxygen atoms in total. The average Bonchev–Trinajstić information content (AvgIpc) is 3.35. The molecule has 0 spiro atoms. The lowest BCUT2D eigenvalue weighted by Gasteiger charge is -2.42. The number of nitrogens with zero attached hydrogens (tertiary/aromatic N) is 3. The second-order valence-electron chi connectivity index (χ2n) is 10.5. The Morgan fingerprint density at radius 1 is 1.11 bits per heavy atom. The van der Waals surface area contributed by atoms with Crippen LogP contribution in [0.2, 0.25) is 0 Å². The zero-order chi connectivity index (χ0) is 26.0. The first kappa shape index (κ1) is 23.4. The molecular weight excluding hydrogens is 498 g/mol. The summed E-state index contributed by atoms with van der Waals surface area (Å²) in [5, 5.41) is 12.3. The smallest absolute Gasteiger partial charge is 0.250 e. The summed E-state index contributed by atoms with van der Waals surface area (Å²) in [5.74, 6) is 0.821. The van der Waals surface area contributed by atoms with Gasteiger partial charge in [-0.1, -0.05) is 25.1 Å². The van der Waals surface area contributed by atoms with Crippen molar-refractivity contribution >= 4 is 32.5 Å². The average molecular weight is 526 g/mol. The van der Waals surface area contributed by atoms with Crippen molar-refractivity contribution in [3.8, 4) is 16.3 Å². The van der Waals surface area contributed by atoms with Gasteiger partial charge in [0.25, 0.3) is 5.56 Å². The van der Waals surface area contributed by atoms with Crippen molar-refractivity contribution in [3.05, 3.63) is 92.2 Å². The fraction of sp³-hybridized carbons (Fsp3) is 0.300. The Labute approximate surface area is 222 Å². The van der Waals surface area contributed by atoms with Crippen LogP contribution >= 0.6 is 11.3 Å². The number of hydrogen-bond donors (Lipinski definition) is 1. The number of fused-ring (bicyclic) bond motifs is 6. The van der Waals surface area contributed by atoms with E-state index >= 15 is 0 Å². The minimum absolute atomic E-state index is 0.0654. The van der Waals surface area contributed by atoms with Gasteiger partial charge in [-0.25, -0.2) is 4.98 Å². The van der Waals surface area contributed by atoms with Gasteiger partial charge < -0.3 is 14.1 Å². The van der Waals surface area contributed by atoms with Gasteiger partial charge in [-0.2, -0.15) is 0 Å². The van der Waals surface area contributed by atoms with E-state index in [1.807, 2.05) is 41.8 Å². The molecule has 0 amide bonds. The molecule has 5 heterocycles. The fourth-order valence-electron chi connectivity index (χ4n) is 6.29. The normalized spacial score (nSPS) is 19.2. The van der Waals surface area contributed by atoms with Crippen molar-refractivity contribution in [1.29, 1.82) is 0 Å². The van der Waals surface area contributed by atoms with E-state index in [9.17, 15) is 14.7 Å². The third-order valence-corrected chi connectivity index (χ3v) is 9.12. The zero-order valence-corrected chi connectivity index (χ0v) is 21.8. The van der Waals surface area contributed by atoms with E-state index in [2.05, 4.69) is 16.0 Å². The predicted octanol–water partition coefficient (Wildman–Crippen LogP) is 5.12. The molecule has 1 N–H and O–H groups in total. The number of benzene rings is 2. The number of para-hydroxylation sites is 1. The number of likely N-dealkylation sites (tertiary alicyclic amines) is 1. The quantitative estimate of drug-likeness (QED) is 0.351. The third-order valence-electron chi connectivity index (χ3n) is 8.05. The Morgan fingerprint density at radius 2 is 1.97 bits per heavy atom. The minimum Gasteiger partial charge on any atom is -0.507 e. The van der Waals surface area contributed by atoms with Gasteiger partial charge in [-0.05, 0) is 48.6 Å². The summed E-state index contributed by atoms with van der Waals surface area (Å²) in [7, 11) is 0. The lowest BCUT2D eigenvalue weighted by atomic mass is 9.83. The number of aromatic nitrogens is 2. The molecule has 2 atom stereocenters.